The molecule has 26 heavy (non-hydrogen) atoms. The van der Waals surface area contributed by atoms with E-state index in [1.54, 1.807) is 25.3 Å². The molecule has 3 aromatic carbocycles. The van der Waals surface area contributed by atoms with Crippen molar-refractivity contribution in [2.75, 3.05) is 14.2 Å². The van der Waals surface area contributed by atoms with Crippen LogP contribution in [0.2, 0.25) is 0 Å². The first-order chi connectivity index (χ1) is 12.7. The van der Waals surface area contributed by atoms with Crippen molar-refractivity contribution in [1.29, 1.82) is 0 Å². The van der Waals surface area contributed by atoms with E-state index in [0.29, 0.717) is 17.1 Å². The number of esters is 1. The molecule has 0 heterocycles. The van der Waals surface area contributed by atoms with Gasteiger partial charge in [-0.2, -0.15) is 0 Å². The summed E-state index contributed by atoms with van der Waals surface area (Å²) in [6, 6.07) is 24.3. The molecule has 0 N–H and O–H groups in total. The van der Waals surface area contributed by atoms with Gasteiger partial charge in [0.25, 0.3) is 0 Å². The molecule has 3 aromatic rings. The van der Waals surface area contributed by atoms with Crippen LogP contribution in [0.15, 0.2) is 78.9 Å². The second-order valence-corrected chi connectivity index (χ2v) is 5.68. The summed E-state index contributed by atoms with van der Waals surface area (Å²) in [6.45, 7) is 0. The Morgan fingerprint density at radius 1 is 0.731 bits per heavy atom. The largest absolute Gasteiger partial charge is 0.493 e. The Hall–Kier alpha value is -3.27. The van der Waals surface area contributed by atoms with Gasteiger partial charge in [0.05, 0.1) is 19.8 Å². The molecule has 0 aliphatic carbocycles. The summed E-state index contributed by atoms with van der Waals surface area (Å²) in [4.78, 5) is 12.8. The van der Waals surface area contributed by atoms with Gasteiger partial charge in [-0.1, -0.05) is 60.7 Å². The lowest BCUT2D eigenvalue weighted by Crippen LogP contribution is -2.13. The first kappa shape index (κ1) is 17.5. The highest BCUT2D eigenvalue weighted by molar-refractivity contribution is 5.90. The summed E-state index contributed by atoms with van der Waals surface area (Å²) >= 11 is 0. The molecule has 0 aliphatic heterocycles. The van der Waals surface area contributed by atoms with E-state index in [1.807, 2.05) is 60.7 Å². The molecule has 132 valence electrons. The third kappa shape index (κ3) is 3.86. The molecule has 0 aliphatic rings. The number of hydrogen-bond donors (Lipinski definition) is 0. The zero-order valence-electron chi connectivity index (χ0n) is 14.7. The second kappa shape index (κ2) is 8.21. The Bertz CT molecular complexity index is 820. The zero-order chi connectivity index (χ0) is 18.4. The highest BCUT2D eigenvalue weighted by Crippen LogP contribution is 2.30. The quantitative estimate of drug-likeness (QED) is 0.608. The molecule has 0 bridgehead atoms. The van der Waals surface area contributed by atoms with Gasteiger partial charge in [0.15, 0.2) is 17.6 Å². The summed E-state index contributed by atoms with van der Waals surface area (Å²) < 4.78 is 16.3. The lowest BCUT2D eigenvalue weighted by atomic mass is 10.0. The van der Waals surface area contributed by atoms with Crippen molar-refractivity contribution in [2.24, 2.45) is 0 Å². The van der Waals surface area contributed by atoms with E-state index < -0.39 is 12.1 Å². The minimum Gasteiger partial charge on any atom is -0.493 e. The van der Waals surface area contributed by atoms with Crippen LogP contribution in [0.3, 0.4) is 0 Å². The third-order valence-electron chi connectivity index (χ3n) is 4.05. The third-order valence-corrected chi connectivity index (χ3v) is 4.05. The molecule has 3 rings (SSSR count). The summed E-state index contributed by atoms with van der Waals surface area (Å²) in [6.07, 6.45) is -0.488. The van der Waals surface area contributed by atoms with Crippen molar-refractivity contribution in [3.05, 3.63) is 95.6 Å². The summed E-state index contributed by atoms with van der Waals surface area (Å²) in [5.41, 5.74) is 2.22. The van der Waals surface area contributed by atoms with Crippen molar-refractivity contribution in [3.63, 3.8) is 0 Å². The maximum absolute atomic E-state index is 12.8. The van der Waals surface area contributed by atoms with E-state index in [-0.39, 0.29) is 0 Å². The van der Waals surface area contributed by atoms with Gasteiger partial charge in [-0.3, -0.25) is 0 Å². The highest BCUT2D eigenvalue weighted by Gasteiger charge is 2.21. The van der Waals surface area contributed by atoms with Crippen LogP contribution in [0.1, 0.15) is 27.6 Å². The molecule has 4 nitrogen and oxygen atoms in total. The van der Waals surface area contributed by atoms with E-state index in [9.17, 15) is 4.79 Å². The fourth-order valence-electron chi connectivity index (χ4n) is 2.72. The van der Waals surface area contributed by atoms with Crippen LogP contribution in [0.4, 0.5) is 0 Å². The molecule has 0 unspecified atom stereocenters. The maximum atomic E-state index is 12.8. The van der Waals surface area contributed by atoms with E-state index in [4.69, 9.17) is 14.2 Å². The summed E-state index contributed by atoms with van der Waals surface area (Å²) in [5, 5.41) is 0. The van der Waals surface area contributed by atoms with Crippen LogP contribution >= 0.6 is 0 Å². The molecule has 0 fully saturated rings. The van der Waals surface area contributed by atoms with Crippen LogP contribution in [-0.2, 0) is 4.74 Å². The number of benzene rings is 3. The number of carbonyl (C=O) groups is 1. The van der Waals surface area contributed by atoms with E-state index >= 15 is 0 Å². The minimum atomic E-state index is -0.488. The fourth-order valence-corrected chi connectivity index (χ4v) is 2.72. The Morgan fingerprint density at radius 2 is 1.27 bits per heavy atom. The predicted molar refractivity (Wildman–Crippen MR) is 99.7 cm³/mol. The van der Waals surface area contributed by atoms with Gasteiger partial charge < -0.3 is 14.2 Å². The zero-order valence-corrected chi connectivity index (χ0v) is 14.7. The average Bonchev–Trinajstić information content (AvgIpc) is 2.72. The van der Waals surface area contributed by atoms with Gasteiger partial charge in [0.2, 0.25) is 0 Å². The lowest BCUT2D eigenvalue weighted by Gasteiger charge is -2.19. The van der Waals surface area contributed by atoms with Crippen LogP contribution in [0.25, 0.3) is 0 Å². The van der Waals surface area contributed by atoms with Gasteiger partial charge in [-0.05, 0) is 29.3 Å². The van der Waals surface area contributed by atoms with Crippen molar-refractivity contribution < 1.29 is 19.0 Å². The van der Waals surface area contributed by atoms with E-state index in [0.717, 1.165) is 11.1 Å². The fraction of sp³-hybridized carbons (Fsp3) is 0.136. The number of methoxy groups -OCH3 is 2. The number of ether oxygens (including phenoxy) is 3. The lowest BCUT2D eigenvalue weighted by molar-refractivity contribution is 0.0377. The van der Waals surface area contributed by atoms with Crippen LogP contribution < -0.4 is 9.47 Å². The number of hydrogen-bond acceptors (Lipinski definition) is 4. The molecular formula is C22H20O4. The van der Waals surface area contributed by atoms with Gasteiger partial charge in [-0.25, -0.2) is 4.79 Å². The number of rotatable bonds is 6. The first-order valence-corrected chi connectivity index (χ1v) is 8.26. The van der Waals surface area contributed by atoms with Crippen molar-refractivity contribution >= 4 is 5.97 Å². The summed E-state index contributed by atoms with van der Waals surface area (Å²) in [7, 11) is 3.08. The van der Waals surface area contributed by atoms with Gasteiger partial charge >= 0.3 is 5.97 Å². The minimum absolute atomic E-state index is 0.402. The normalized spacial score (nSPS) is 10.4. The molecule has 0 spiro atoms. The van der Waals surface area contributed by atoms with Crippen LogP contribution in [-0.4, -0.2) is 20.2 Å². The number of carbonyl (C=O) groups excluding carboxylic acids is 1. The monoisotopic (exact) mass is 348 g/mol. The maximum Gasteiger partial charge on any atom is 0.339 e. The highest BCUT2D eigenvalue weighted by atomic mass is 16.5. The molecule has 0 aromatic heterocycles. The van der Waals surface area contributed by atoms with E-state index in [1.165, 1.54) is 7.11 Å². The SMILES string of the molecule is COc1ccc(C(=O)OC(c2ccccc2)c2ccccc2)cc1OC. The Morgan fingerprint density at radius 3 is 1.77 bits per heavy atom. The van der Waals surface area contributed by atoms with Gasteiger partial charge in [0, 0.05) is 0 Å². The van der Waals surface area contributed by atoms with Crippen LogP contribution in [0.5, 0.6) is 11.5 Å². The van der Waals surface area contributed by atoms with Gasteiger partial charge in [0.1, 0.15) is 0 Å². The molecule has 0 amide bonds. The molecule has 0 radical (unpaired) electrons. The molecule has 0 saturated heterocycles. The molecule has 0 saturated carbocycles. The predicted octanol–water partition coefficient (Wildman–Crippen LogP) is 4.65. The van der Waals surface area contributed by atoms with E-state index in [2.05, 4.69) is 0 Å². The van der Waals surface area contributed by atoms with Crippen LogP contribution in [0, 0.1) is 0 Å². The molecule has 0 atom stereocenters. The average molecular weight is 348 g/mol. The second-order valence-electron chi connectivity index (χ2n) is 5.68. The smallest absolute Gasteiger partial charge is 0.339 e. The Balaban J connectivity index is 1.91. The topological polar surface area (TPSA) is 44.8 Å². The first-order valence-electron chi connectivity index (χ1n) is 8.26. The molecular weight excluding hydrogens is 328 g/mol. The summed E-state index contributed by atoms with van der Waals surface area (Å²) in [5.74, 6) is 0.619. The van der Waals surface area contributed by atoms with Crippen molar-refractivity contribution in [1.82, 2.24) is 0 Å². The Kier molecular flexibility index (Phi) is 5.54. The van der Waals surface area contributed by atoms with Crippen molar-refractivity contribution in [3.8, 4) is 11.5 Å². The van der Waals surface area contributed by atoms with Crippen molar-refractivity contribution in [2.45, 2.75) is 6.10 Å². The standard InChI is InChI=1S/C22H20O4/c1-24-19-14-13-18(15-20(19)25-2)22(23)26-21(16-9-5-3-6-10-16)17-11-7-4-8-12-17/h3-15,21H,1-2H3. The Labute approximate surface area is 153 Å². The van der Waals surface area contributed by atoms with Gasteiger partial charge in [-0.15, -0.1) is 0 Å². The molecule has 4 heteroatoms.